The molecule has 0 spiro atoms. The lowest BCUT2D eigenvalue weighted by Gasteiger charge is -2.20. The zero-order valence-corrected chi connectivity index (χ0v) is 18.3. The van der Waals surface area contributed by atoms with E-state index in [9.17, 15) is 4.79 Å². The quantitative estimate of drug-likeness (QED) is 0.394. The maximum absolute atomic E-state index is 13.3. The minimum absolute atomic E-state index is 0.0191. The number of fused-ring (bicyclic) bond motifs is 1. The first kappa shape index (κ1) is 20.9. The van der Waals surface area contributed by atoms with Gasteiger partial charge < -0.3 is 9.47 Å². The normalized spacial score (nSPS) is 10.9. The van der Waals surface area contributed by atoms with Crippen molar-refractivity contribution in [3.63, 3.8) is 0 Å². The van der Waals surface area contributed by atoms with Gasteiger partial charge in [-0.15, -0.1) is 0 Å². The molecule has 31 heavy (non-hydrogen) atoms. The smallest absolute Gasteiger partial charge is 0.233 e. The van der Waals surface area contributed by atoms with Gasteiger partial charge in [0.05, 0.1) is 31.4 Å². The summed E-state index contributed by atoms with van der Waals surface area (Å²) >= 11 is 1.49. The van der Waals surface area contributed by atoms with Crippen LogP contribution in [0.2, 0.25) is 0 Å². The van der Waals surface area contributed by atoms with E-state index in [1.54, 1.807) is 18.2 Å². The average Bonchev–Trinajstić information content (AvgIpc) is 3.45. The molecular formula is C23H24N4O3S. The maximum atomic E-state index is 13.3. The van der Waals surface area contributed by atoms with Gasteiger partial charge in [-0.2, -0.15) is 5.10 Å². The summed E-state index contributed by atoms with van der Waals surface area (Å²) in [6, 6.07) is 15.3. The van der Waals surface area contributed by atoms with Crippen LogP contribution in [0.1, 0.15) is 12.5 Å². The van der Waals surface area contributed by atoms with E-state index in [1.807, 2.05) is 66.3 Å². The minimum atomic E-state index is -0.0191. The van der Waals surface area contributed by atoms with Gasteiger partial charge in [-0.1, -0.05) is 29.5 Å². The zero-order chi connectivity index (χ0) is 21.6. The lowest BCUT2D eigenvalue weighted by Crippen LogP contribution is -2.35. The van der Waals surface area contributed by atoms with Gasteiger partial charge in [0, 0.05) is 18.9 Å². The van der Waals surface area contributed by atoms with Crippen LogP contribution in [-0.4, -0.2) is 40.9 Å². The molecule has 2 aromatic heterocycles. The Morgan fingerprint density at radius 2 is 2.00 bits per heavy atom. The lowest BCUT2D eigenvalue weighted by atomic mass is 10.1. The standard InChI is InChI=1S/C23H24N4O3S/c1-3-30-19-6-4-7-20-22(19)25-23(31-20)27(15-14-26-13-5-12-24-26)21(28)16-17-8-10-18(29-2)11-9-17/h4-13H,3,14-16H2,1-2H3. The summed E-state index contributed by atoms with van der Waals surface area (Å²) in [5, 5.41) is 4.91. The van der Waals surface area contributed by atoms with Gasteiger partial charge in [-0.05, 0) is 42.8 Å². The molecule has 4 aromatic rings. The van der Waals surface area contributed by atoms with Crippen molar-refractivity contribution in [3.8, 4) is 11.5 Å². The van der Waals surface area contributed by atoms with Crippen LogP contribution in [0.25, 0.3) is 10.2 Å². The number of thiazole rings is 1. The topological polar surface area (TPSA) is 69.5 Å². The van der Waals surface area contributed by atoms with Crippen molar-refractivity contribution in [3.05, 3.63) is 66.5 Å². The number of hydrogen-bond acceptors (Lipinski definition) is 6. The second kappa shape index (κ2) is 9.61. The van der Waals surface area contributed by atoms with Crippen LogP contribution in [0.4, 0.5) is 5.13 Å². The molecule has 4 rings (SSSR count). The highest BCUT2D eigenvalue weighted by Crippen LogP contribution is 2.34. The number of carbonyl (C=O) groups is 1. The highest BCUT2D eigenvalue weighted by molar-refractivity contribution is 7.22. The largest absolute Gasteiger partial charge is 0.497 e. The van der Waals surface area contributed by atoms with Crippen molar-refractivity contribution in [2.75, 3.05) is 25.2 Å². The van der Waals surface area contributed by atoms with Crippen LogP contribution in [0.15, 0.2) is 60.9 Å². The second-order valence-corrected chi connectivity index (χ2v) is 7.88. The Kier molecular flexibility index (Phi) is 6.47. The van der Waals surface area contributed by atoms with Gasteiger partial charge in [0.15, 0.2) is 5.13 Å². The molecule has 0 aliphatic heterocycles. The zero-order valence-electron chi connectivity index (χ0n) is 17.5. The molecule has 0 saturated heterocycles. The fourth-order valence-corrected chi connectivity index (χ4v) is 4.30. The fraction of sp³-hybridized carbons (Fsp3) is 0.261. The molecule has 0 bridgehead atoms. The summed E-state index contributed by atoms with van der Waals surface area (Å²) in [4.78, 5) is 19.8. The van der Waals surface area contributed by atoms with Crippen LogP contribution in [0.5, 0.6) is 11.5 Å². The molecule has 0 N–H and O–H groups in total. The number of aromatic nitrogens is 3. The summed E-state index contributed by atoms with van der Waals surface area (Å²) < 4.78 is 13.7. The molecule has 1 amide bonds. The minimum Gasteiger partial charge on any atom is -0.497 e. The SMILES string of the molecule is CCOc1cccc2sc(N(CCn3cccn3)C(=O)Cc3ccc(OC)cc3)nc12. The van der Waals surface area contributed by atoms with Gasteiger partial charge in [-0.3, -0.25) is 14.4 Å². The molecule has 0 aliphatic rings. The number of benzene rings is 2. The second-order valence-electron chi connectivity index (χ2n) is 6.87. The molecule has 160 valence electrons. The molecule has 0 aliphatic carbocycles. The molecule has 7 nitrogen and oxygen atoms in total. The molecule has 8 heteroatoms. The van der Waals surface area contributed by atoms with Crippen molar-refractivity contribution in [2.45, 2.75) is 19.9 Å². The highest BCUT2D eigenvalue weighted by Gasteiger charge is 2.21. The van der Waals surface area contributed by atoms with Gasteiger partial charge >= 0.3 is 0 Å². The van der Waals surface area contributed by atoms with Crippen molar-refractivity contribution in [1.82, 2.24) is 14.8 Å². The number of hydrogen-bond donors (Lipinski definition) is 0. The van der Waals surface area contributed by atoms with Crippen molar-refractivity contribution in [2.24, 2.45) is 0 Å². The molecule has 0 fully saturated rings. The fourth-order valence-electron chi connectivity index (χ4n) is 3.27. The van der Waals surface area contributed by atoms with E-state index in [1.165, 1.54) is 11.3 Å². The van der Waals surface area contributed by atoms with E-state index < -0.39 is 0 Å². The van der Waals surface area contributed by atoms with Crippen molar-refractivity contribution < 1.29 is 14.3 Å². The summed E-state index contributed by atoms with van der Waals surface area (Å²) in [5.74, 6) is 1.48. The number of amides is 1. The monoisotopic (exact) mass is 436 g/mol. The summed E-state index contributed by atoms with van der Waals surface area (Å²) in [6.45, 7) is 3.56. The van der Waals surface area contributed by atoms with E-state index in [-0.39, 0.29) is 12.3 Å². The van der Waals surface area contributed by atoms with Crippen molar-refractivity contribution in [1.29, 1.82) is 0 Å². The van der Waals surface area contributed by atoms with E-state index in [0.717, 1.165) is 27.3 Å². The number of ether oxygens (including phenoxy) is 2. The van der Waals surface area contributed by atoms with Gasteiger partial charge in [0.1, 0.15) is 17.0 Å². The van der Waals surface area contributed by atoms with Crippen molar-refractivity contribution >= 4 is 32.6 Å². The first-order chi connectivity index (χ1) is 15.2. The summed E-state index contributed by atoms with van der Waals surface area (Å²) in [5.41, 5.74) is 1.71. The van der Waals surface area contributed by atoms with Crippen LogP contribution < -0.4 is 14.4 Å². The predicted octanol–water partition coefficient (Wildman–Crippen LogP) is 4.18. The predicted molar refractivity (Wildman–Crippen MR) is 122 cm³/mol. The third-order valence-electron chi connectivity index (χ3n) is 4.83. The Hall–Kier alpha value is -3.39. The molecule has 0 unspecified atom stereocenters. The van der Waals surface area contributed by atoms with E-state index in [0.29, 0.717) is 24.8 Å². The van der Waals surface area contributed by atoms with Gasteiger partial charge in [0.25, 0.3) is 0 Å². The summed E-state index contributed by atoms with van der Waals surface area (Å²) in [7, 11) is 1.63. The Morgan fingerprint density at radius 3 is 2.71 bits per heavy atom. The molecule has 0 atom stereocenters. The molecule has 2 aromatic carbocycles. The number of carbonyl (C=O) groups excluding carboxylic acids is 1. The number of rotatable bonds is 9. The van der Waals surface area contributed by atoms with E-state index in [2.05, 4.69) is 5.10 Å². The van der Waals surface area contributed by atoms with Crippen LogP contribution >= 0.6 is 11.3 Å². The van der Waals surface area contributed by atoms with Gasteiger partial charge in [-0.25, -0.2) is 4.98 Å². The number of para-hydroxylation sites is 1. The molecule has 0 saturated carbocycles. The maximum Gasteiger partial charge on any atom is 0.233 e. The number of anilines is 1. The van der Waals surface area contributed by atoms with Crippen LogP contribution in [0.3, 0.4) is 0 Å². The number of methoxy groups -OCH3 is 1. The molecule has 2 heterocycles. The molecular weight excluding hydrogens is 412 g/mol. The Labute approximate surface area is 184 Å². The van der Waals surface area contributed by atoms with Crippen LogP contribution in [0, 0.1) is 0 Å². The van der Waals surface area contributed by atoms with E-state index >= 15 is 0 Å². The molecule has 0 radical (unpaired) electrons. The first-order valence-electron chi connectivity index (χ1n) is 10.1. The third-order valence-corrected chi connectivity index (χ3v) is 5.87. The van der Waals surface area contributed by atoms with E-state index in [4.69, 9.17) is 14.5 Å². The van der Waals surface area contributed by atoms with Gasteiger partial charge in [0.2, 0.25) is 5.91 Å². The highest BCUT2D eigenvalue weighted by atomic mass is 32.1. The Bertz CT molecular complexity index is 1140. The Balaban J connectivity index is 1.62. The third kappa shape index (κ3) is 4.86. The Morgan fingerprint density at radius 1 is 1.16 bits per heavy atom. The van der Waals surface area contributed by atoms with Crippen LogP contribution in [-0.2, 0) is 17.8 Å². The average molecular weight is 437 g/mol. The number of nitrogens with zero attached hydrogens (tertiary/aromatic N) is 4. The first-order valence-corrected chi connectivity index (χ1v) is 10.9. The summed E-state index contributed by atoms with van der Waals surface area (Å²) in [6.07, 6.45) is 3.89. The lowest BCUT2D eigenvalue weighted by molar-refractivity contribution is -0.118.